The standard InChI is InChI=1S/C17H12ClN3O3S/c1-24-14-7-2-10(9-19-14)8-13-15(22)20-17(25)21(16(13)23)12-5-3-11(18)4-6-12/h2-9H,1H3,(H,20,22,25)/b13-8-. The summed E-state index contributed by atoms with van der Waals surface area (Å²) in [7, 11) is 1.50. The number of amides is 2. The van der Waals surface area contributed by atoms with Gasteiger partial charge >= 0.3 is 0 Å². The number of ether oxygens (including phenoxy) is 1. The molecule has 2 heterocycles. The van der Waals surface area contributed by atoms with Crippen molar-refractivity contribution in [2.75, 3.05) is 12.0 Å². The number of aromatic nitrogens is 1. The van der Waals surface area contributed by atoms with Crippen molar-refractivity contribution in [1.29, 1.82) is 0 Å². The molecule has 2 amide bonds. The van der Waals surface area contributed by atoms with Crippen LogP contribution in [0, 0.1) is 0 Å². The van der Waals surface area contributed by atoms with Crippen LogP contribution in [-0.4, -0.2) is 29.0 Å². The van der Waals surface area contributed by atoms with Crippen molar-refractivity contribution in [2.24, 2.45) is 0 Å². The zero-order valence-corrected chi connectivity index (χ0v) is 14.6. The third-order valence-corrected chi connectivity index (χ3v) is 4.00. The highest BCUT2D eigenvalue weighted by atomic mass is 35.5. The maximum absolute atomic E-state index is 12.8. The molecule has 0 aliphatic carbocycles. The Kier molecular flexibility index (Phi) is 4.78. The van der Waals surface area contributed by atoms with E-state index in [2.05, 4.69) is 10.3 Å². The highest BCUT2D eigenvalue weighted by molar-refractivity contribution is 7.80. The molecule has 1 aliphatic rings. The summed E-state index contributed by atoms with van der Waals surface area (Å²) in [4.78, 5) is 30.3. The van der Waals surface area contributed by atoms with Crippen molar-refractivity contribution in [3.63, 3.8) is 0 Å². The smallest absolute Gasteiger partial charge is 0.270 e. The molecule has 0 saturated carbocycles. The van der Waals surface area contributed by atoms with Crippen molar-refractivity contribution in [1.82, 2.24) is 10.3 Å². The third kappa shape index (κ3) is 3.52. The molecule has 0 radical (unpaired) electrons. The van der Waals surface area contributed by atoms with Gasteiger partial charge in [-0.3, -0.25) is 19.8 Å². The lowest BCUT2D eigenvalue weighted by Gasteiger charge is -2.28. The Morgan fingerprint density at radius 1 is 1.20 bits per heavy atom. The third-order valence-electron chi connectivity index (χ3n) is 3.47. The van der Waals surface area contributed by atoms with Gasteiger partial charge in [-0.05, 0) is 54.2 Å². The number of nitrogens with one attached hydrogen (secondary N) is 1. The molecule has 1 aromatic carbocycles. The molecule has 1 fully saturated rings. The highest BCUT2D eigenvalue weighted by Gasteiger charge is 2.34. The summed E-state index contributed by atoms with van der Waals surface area (Å²) in [6, 6.07) is 9.91. The zero-order valence-electron chi connectivity index (χ0n) is 13.0. The van der Waals surface area contributed by atoms with Crippen molar-refractivity contribution < 1.29 is 14.3 Å². The van der Waals surface area contributed by atoms with Gasteiger partial charge in [0, 0.05) is 17.3 Å². The minimum Gasteiger partial charge on any atom is -0.481 e. The van der Waals surface area contributed by atoms with E-state index in [-0.39, 0.29) is 10.7 Å². The van der Waals surface area contributed by atoms with E-state index in [1.807, 2.05) is 0 Å². The second-order valence-electron chi connectivity index (χ2n) is 5.07. The summed E-state index contributed by atoms with van der Waals surface area (Å²) < 4.78 is 4.99. The van der Waals surface area contributed by atoms with Gasteiger partial charge in [0.1, 0.15) is 5.57 Å². The van der Waals surface area contributed by atoms with Crippen LogP contribution in [0.15, 0.2) is 48.2 Å². The van der Waals surface area contributed by atoms with Crippen molar-refractivity contribution in [3.05, 3.63) is 58.8 Å². The molecule has 0 spiro atoms. The normalized spacial score (nSPS) is 16.2. The maximum Gasteiger partial charge on any atom is 0.270 e. The summed E-state index contributed by atoms with van der Waals surface area (Å²) in [5, 5.41) is 3.06. The number of thiocarbonyl (C=S) groups is 1. The average molecular weight is 374 g/mol. The Hall–Kier alpha value is -2.77. The maximum atomic E-state index is 12.8. The molecule has 126 valence electrons. The van der Waals surface area contributed by atoms with Gasteiger partial charge in [0.15, 0.2) is 5.11 Å². The summed E-state index contributed by atoms with van der Waals surface area (Å²) in [5.74, 6) is -0.645. The SMILES string of the molecule is COc1ccc(/C=C2/C(=O)NC(=S)N(c3ccc(Cl)cc3)C2=O)cn1. The molecule has 1 aliphatic heterocycles. The summed E-state index contributed by atoms with van der Waals surface area (Å²) in [5.41, 5.74) is 1.05. The van der Waals surface area contributed by atoms with Gasteiger partial charge in [0.2, 0.25) is 5.88 Å². The van der Waals surface area contributed by atoms with Crippen molar-refractivity contribution >= 4 is 52.5 Å². The predicted molar refractivity (Wildman–Crippen MR) is 98.4 cm³/mol. The van der Waals surface area contributed by atoms with Crippen molar-refractivity contribution in [2.45, 2.75) is 0 Å². The van der Waals surface area contributed by atoms with Crippen LogP contribution in [0.25, 0.3) is 6.08 Å². The summed E-state index contributed by atoms with van der Waals surface area (Å²) in [6.07, 6.45) is 2.96. The number of hydrogen-bond donors (Lipinski definition) is 1. The minimum absolute atomic E-state index is 0.0160. The van der Waals surface area contributed by atoms with Crippen molar-refractivity contribution in [3.8, 4) is 5.88 Å². The Labute approximate surface area is 154 Å². The lowest BCUT2D eigenvalue weighted by molar-refractivity contribution is -0.122. The number of anilines is 1. The number of nitrogens with zero attached hydrogens (tertiary/aromatic N) is 2. The second kappa shape index (κ2) is 7.00. The van der Waals surface area contributed by atoms with E-state index in [1.54, 1.807) is 36.4 Å². The number of pyridine rings is 1. The Balaban J connectivity index is 1.97. The quantitative estimate of drug-likeness (QED) is 0.508. The lowest BCUT2D eigenvalue weighted by Crippen LogP contribution is -2.54. The molecule has 1 aromatic heterocycles. The molecule has 1 N–H and O–H groups in total. The van der Waals surface area contributed by atoms with Gasteiger partial charge in [0.05, 0.1) is 12.8 Å². The molecule has 1 saturated heterocycles. The number of methoxy groups -OCH3 is 1. The predicted octanol–water partition coefficient (Wildman–Crippen LogP) is 2.57. The van der Waals surface area contributed by atoms with Gasteiger partial charge in [-0.2, -0.15) is 0 Å². The molecule has 0 bridgehead atoms. The fourth-order valence-electron chi connectivity index (χ4n) is 2.25. The molecule has 25 heavy (non-hydrogen) atoms. The molecule has 2 aromatic rings. The first kappa shape index (κ1) is 17.1. The molecule has 3 rings (SSSR count). The Bertz CT molecular complexity index is 879. The van der Waals surface area contributed by atoms with Gasteiger partial charge in [-0.25, -0.2) is 4.98 Å². The number of benzene rings is 1. The Morgan fingerprint density at radius 3 is 2.52 bits per heavy atom. The van der Waals surface area contributed by atoms with E-state index in [1.165, 1.54) is 24.3 Å². The van der Waals surface area contributed by atoms with Crippen LogP contribution < -0.4 is 15.0 Å². The minimum atomic E-state index is -0.559. The monoisotopic (exact) mass is 373 g/mol. The first-order valence-electron chi connectivity index (χ1n) is 7.16. The molecule has 8 heteroatoms. The fourth-order valence-corrected chi connectivity index (χ4v) is 2.65. The molecule has 6 nitrogen and oxygen atoms in total. The van der Waals surface area contributed by atoms with Gasteiger partial charge in [0.25, 0.3) is 11.8 Å². The van der Waals surface area contributed by atoms with Crippen LogP contribution >= 0.6 is 23.8 Å². The molecule has 0 atom stereocenters. The van der Waals surface area contributed by atoms with Crippen LogP contribution in [0.2, 0.25) is 5.02 Å². The first-order valence-corrected chi connectivity index (χ1v) is 7.95. The van der Waals surface area contributed by atoms with Crippen LogP contribution in [0.4, 0.5) is 5.69 Å². The summed E-state index contributed by atoms with van der Waals surface area (Å²) in [6.45, 7) is 0. The fraction of sp³-hybridized carbons (Fsp3) is 0.0588. The average Bonchev–Trinajstić information content (AvgIpc) is 2.60. The Morgan fingerprint density at radius 2 is 1.92 bits per heavy atom. The molecule has 0 unspecified atom stereocenters. The van der Waals surface area contributed by atoms with Gasteiger partial charge in [-0.1, -0.05) is 11.6 Å². The number of carbonyl (C=O) groups excluding carboxylic acids is 2. The lowest BCUT2D eigenvalue weighted by atomic mass is 10.1. The number of hydrogen-bond acceptors (Lipinski definition) is 5. The van der Waals surface area contributed by atoms with Gasteiger partial charge < -0.3 is 4.74 Å². The molecular weight excluding hydrogens is 362 g/mol. The summed E-state index contributed by atoms with van der Waals surface area (Å²) >= 11 is 11.0. The number of halogens is 1. The topological polar surface area (TPSA) is 71.5 Å². The van der Waals surface area contributed by atoms with E-state index >= 15 is 0 Å². The van der Waals surface area contributed by atoms with Crippen LogP contribution in [0.1, 0.15) is 5.56 Å². The van der Waals surface area contributed by atoms with Crippen LogP contribution in [0.5, 0.6) is 5.88 Å². The van der Waals surface area contributed by atoms with E-state index in [0.717, 1.165) is 0 Å². The number of carbonyl (C=O) groups is 2. The largest absolute Gasteiger partial charge is 0.481 e. The first-order chi connectivity index (χ1) is 12.0. The zero-order chi connectivity index (χ0) is 18.0. The van der Waals surface area contributed by atoms with E-state index < -0.39 is 11.8 Å². The number of rotatable bonds is 3. The van der Waals surface area contributed by atoms with E-state index in [9.17, 15) is 9.59 Å². The van der Waals surface area contributed by atoms with Crippen LogP contribution in [-0.2, 0) is 9.59 Å². The second-order valence-corrected chi connectivity index (χ2v) is 5.89. The highest BCUT2D eigenvalue weighted by Crippen LogP contribution is 2.23. The van der Waals surface area contributed by atoms with Gasteiger partial charge in [-0.15, -0.1) is 0 Å². The molecular formula is C17H12ClN3O3S. The van der Waals surface area contributed by atoms with E-state index in [0.29, 0.717) is 22.2 Å². The van der Waals surface area contributed by atoms with E-state index in [4.69, 9.17) is 28.6 Å². The van der Waals surface area contributed by atoms with Crippen LogP contribution in [0.3, 0.4) is 0 Å².